The van der Waals surface area contributed by atoms with E-state index in [1.165, 1.54) is 23.0 Å². The number of aliphatic imine (C=N–C) groups is 1. The first-order valence-electron chi connectivity index (χ1n) is 14.9. The average Bonchev–Trinajstić information content (AvgIpc) is 3.39. The van der Waals surface area contributed by atoms with Gasteiger partial charge < -0.3 is 14.5 Å². The zero-order valence-electron chi connectivity index (χ0n) is 26.8. The third kappa shape index (κ3) is 11.0. The molecule has 0 spiro atoms. The molecule has 0 aliphatic carbocycles. The molecule has 0 N–H and O–H groups in total. The zero-order chi connectivity index (χ0) is 32.9. The first-order valence-corrected chi connectivity index (χ1v) is 14.9. The Bertz CT molecular complexity index is 1340. The lowest BCUT2D eigenvalue weighted by Crippen LogP contribution is -2.54. The van der Waals surface area contributed by atoms with Gasteiger partial charge in [-0.1, -0.05) is 50.6 Å². The Hall–Kier alpha value is -3.89. The summed E-state index contributed by atoms with van der Waals surface area (Å²) in [5.41, 5.74) is 4.76. The van der Waals surface area contributed by atoms with E-state index < -0.39 is 18.9 Å². The van der Waals surface area contributed by atoms with Crippen molar-refractivity contribution in [2.45, 2.75) is 73.0 Å². The van der Waals surface area contributed by atoms with Crippen LogP contribution in [0.5, 0.6) is 0 Å². The Morgan fingerprint density at radius 1 is 1.18 bits per heavy atom. The minimum atomic E-state index is -4.58. The van der Waals surface area contributed by atoms with Gasteiger partial charge in [-0.05, 0) is 57.7 Å². The summed E-state index contributed by atoms with van der Waals surface area (Å²) < 4.78 is 58.4. The maximum absolute atomic E-state index is 14.8. The molecule has 44 heavy (non-hydrogen) atoms. The predicted octanol–water partition coefficient (Wildman–Crippen LogP) is 7.97. The number of aromatic nitrogens is 2. The summed E-state index contributed by atoms with van der Waals surface area (Å²) in [4.78, 5) is 20.1. The van der Waals surface area contributed by atoms with E-state index in [-0.39, 0.29) is 18.4 Å². The SMILES string of the molecule is CCCc1cnn(C)c1.C\C=C(C(/C(C)=N/C=C/CC)=C(/C)N1CCN(C(=O)OCC(F)(F)F)C(C)C1)\c1ccccc1F. The molecule has 11 heteroatoms. The Morgan fingerprint density at radius 3 is 2.43 bits per heavy atom. The number of ether oxygens (including phenoxy) is 1. The molecule has 1 unspecified atom stereocenters. The summed E-state index contributed by atoms with van der Waals surface area (Å²) in [6.07, 6.45) is 7.06. The van der Waals surface area contributed by atoms with Gasteiger partial charge in [0.1, 0.15) is 5.82 Å². The predicted molar refractivity (Wildman–Crippen MR) is 168 cm³/mol. The molecule has 1 atom stereocenters. The van der Waals surface area contributed by atoms with Crippen LogP contribution in [0.2, 0.25) is 0 Å². The van der Waals surface area contributed by atoms with E-state index in [2.05, 4.69) is 27.9 Å². The second-order valence-corrected chi connectivity index (χ2v) is 10.6. The van der Waals surface area contributed by atoms with E-state index in [1.807, 2.05) is 62.7 Å². The average molecular weight is 620 g/mol. The molecule has 7 nitrogen and oxygen atoms in total. The largest absolute Gasteiger partial charge is 0.440 e. The van der Waals surface area contributed by atoms with Crippen molar-refractivity contribution in [1.29, 1.82) is 0 Å². The third-order valence-electron chi connectivity index (χ3n) is 7.05. The van der Waals surface area contributed by atoms with E-state index in [9.17, 15) is 22.4 Å². The number of alkyl halides is 3. The fourth-order valence-corrected chi connectivity index (χ4v) is 4.91. The second kappa shape index (κ2) is 17.4. The summed E-state index contributed by atoms with van der Waals surface area (Å²) in [5, 5.41) is 4.05. The molecular formula is C33H45F4N5O2. The van der Waals surface area contributed by atoms with Gasteiger partial charge in [-0.25, -0.2) is 9.18 Å². The van der Waals surface area contributed by atoms with Gasteiger partial charge in [-0.2, -0.15) is 18.3 Å². The number of piperazine rings is 1. The van der Waals surface area contributed by atoms with Crippen LogP contribution in [0.4, 0.5) is 22.4 Å². The van der Waals surface area contributed by atoms with Crippen molar-refractivity contribution in [2.24, 2.45) is 12.0 Å². The molecule has 1 fully saturated rings. The summed E-state index contributed by atoms with van der Waals surface area (Å²) in [6.45, 7) is 10.9. The van der Waals surface area contributed by atoms with Crippen LogP contribution in [0.1, 0.15) is 65.5 Å². The number of aryl methyl sites for hydroxylation is 2. The van der Waals surface area contributed by atoms with Crippen LogP contribution >= 0.6 is 0 Å². The van der Waals surface area contributed by atoms with Crippen molar-refractivity contribution in [3.8, 4) is 0 Å². The van der Waals surface area contributed by atoms with Crippen LogP contribution in [0.15, 0.2) is 71.3 Å². The minimum Gasteiger partial charge on any atom is -0.440 e. The van der Waals surface area contributed by atoms with Gasteiger partial charge in [0, 0.05) is 67.7 Å². The van der Waals surface area contributed by atoms with Crippen molar-refractivity contribution in [3.63, 3.8) is 0 Å². The molecule has 0 bridgehead atoms. The van der Waals surface area contributed by atoms with Crippen LogP contribution in [0, 0.1) is 5.82 Å². The molecule has 1 aliphatic rings. The zero-order valence-corrected chi connectivity index (χ0v) is 26.8. The van der Waals surface area contributed by atoms with Gasteiger partial charge in [0.2, 0.25) is 0 Å². The summed E-state index contributed by atoms with van der Waals surface area (Å²) >= 11 is 0. The number of nitrogens with zero attached hydrogens (tertiary/aromatic N) is 5. The summed E-state index contributed by atoms with van der Waals surface area (Å²) in [5.74, 6) is -0.353. The van der Waals surface area contributed by atoms with Gasteiger partial charge in [-0.15, -0.1) is 0 Å². The molecule has 2 heterocycles. The number of carbonyl (C=O) groups is 1. The Morgan fingerprint density at radius 2 is 1.89 bits per heavy atom. The van der Waals surface area contributed by atoms with Crippen LogP contribution < -0.4 is 0 Å². The molecule has 1 aliphatic heterocycles. The highest BCUT2D eigenvalue weighted by atomic mass is 19.4. The Kier molecular flexibility index (Phi) is 14.4. The summed E-state index contributed by atoms with van der Waals surface area (Å²) in [7, 11) is 1.94. The fourth-order valence-electron chi connectivity index (χ4n) is 4.91. The highest BCUT2D eigenvalue weighted by Crippen LogP contribution is 2.31. The molecule has 0 saturated carbocycles. The molecular weight excluding hydrogens is 574 g/mol. The van der Waals surface area contributed by atoms with Crippen molar-refractivity contribution in [2.75, 3.05) is 26.2 Å². The number of hydrogen-bond acceptors (Lipinski definition) is 5. The molecule has 1 saturated heterocycles. The Labute approximate surface area is 258 Å². The van der Waals surface area contributed by atoms with E-state index >= 15 is 0 Å². The minimum absolute atomic E-state index is 0.194. The topological polar surface area (TPSA) is 63.0 Å². The quantitative estimate of drug-likeness (QED) is 0.162. The number of benzene rings is 1. The lowest BCUT2D eigenvalue weighted by atomic mass is 9.92. The number of rotatable bonds is 9. The lowest BCUT2D eigenvalue weighted by Gasteiger charge is -2.41. The monoisotopic (exact) mass is 619 g/mol. The standard InChI is InChI=1S/C26H33F4N3O2.C7H12N2/c1-6-8-13-31-19(4)24(21(7-2)22-11-9-10-12-23(22)27)20(5)32-14-15-33(18(3)16-32)25(34)35-17-26(28,29)30;1-3-4-7-5-8-9(2)6-7/h7-13,18H,6,14-17H2,1-5H3;5-6H,3-4H2,1-2H3/b13-8+,21-7-,24-20-,31-19+;. The third-order valence-corrected chi connectivity index (χ3v) is 7.05. The first kappa shape index (κ1) is 36.3. The second-order valence-electron chi connectivity index (χ2n) is 10.6. The number of allylic oxidation sites excluding steroid dienone is 5. The van der Waals surface area contributed by atoms with Crippen molar-refractivity contribution >= 4 is 17.4 Å². The molecule has 1 aromatic heterocycles. The molecule has 2 aromatic rings. The first-order chi connectivity index (χ1) is 20.8. The van der Waals surface area contributed by atoms with Crippen LogP contribution in [0.3, 0.4) is 0 Å². The molecule has 1 aromatic carbocycles. The Balaban J connectivity index is 0.000000639. The van der Waals surface area contributed by atoms with Gasteiger partial charge in [0.15, 0.2) is 6.61 Å². The maximum atomic E-state index is 14.8. The van der Waals surface area contributed by atoms with Crippen LogP contribution in [0.25, 0.3) is 5.57 Å². The normalized spacial score (nSPS) is 16.9. The van der Waals surface area contributed by atoms with Gasteiger partial charge >= 0.3 is 12.3 Å². The fraction of sp³-hybridized carbons (Fsp3) is 0.485. The van der Waals surface area contributed by atoms with E-state index in [0.717, 1.165) is 24.1 Å². The van der Waals surface area contributed by atoms with Crippen LogP contribution in [-0.4, -0.2) is 69.8 Å². The van der Waals surface area contributed by atoms with Gasteiger partial charge in [-0.3, -0.25) is 9.67 Å². The highest BCUT2D eigenvalue weighted by Gasteiger charge is 2.34. The molecule has 3 rings (SSSR count). The van der Waals surface area contributed by atoms with E-state index in [0.29, 0.717) is 29.9 Å². The van der Waals surface area contributed by atoms with E-state index in [1.54, 1.807) is 31.3 Å². The molecule has 1 amide bonds. The molecule has 242 valence electrons. The number of hydrogen-bond donors (Lipinski definition) is 0. The van der Waals surface area contributed by atoms with Crippen molar-refractivity contribution in [3.05, 3.63) is 83.2 Å². The van der Waals surface area contributed by atoms with E-state index in [4.69, 9.17) is 0 Å². The molecule has 0 radical (unpaired) electrons. The smallest absolute Gasteiger partial charge is 0.422 e. The van der Waals surface area contributed by atoms with Crippen LogP contribution in [-0.2, 0) is 18.2 Å². The summed E-state index contributed by atoms with van der Waals surface area (Å²) in [6, 6.07) is 6.13. The van der Waals surface area contributed by atoms with Crippen molar-refractivity contribution in [1.82, 2.24) is 19.6 Å². The van der Waals surface area contributed by atoms with Gasteiger partial charge in [0.25, 0.3) is 0 Å². The number of halogens is 4. The van der Waals surface area contributed by atoms with Crippen molar-refractivity contribution < 1.29 is 27.1 Å². The van der Waals surface area contributed by atoms with Gasteiger partial charge in [0.05, 0.1) is 6.20 Å². The maximum Gasteiger partial charge on any atom is 0.422 e. The number of amides is 1. The highest BCUT2D eigenvalue weighted by molar-refractivity contribution is 6.12. The lowest BCUT2D eigenvalue weighted by molar-refractivity contribution is -0.163. The number of carbonyl (C=O) groups excluding carboxylic acids is 1.